The second kappa shape index (κ2) is 6.72. The van der Waals surface area contributed by atoms with Crippen LogP contribution in [0.4, 0.5) is 0 Å². The zero-order valence-electron chi connectivity index (χ0n) is 14.5. The molecule has 1 amide bonds. The van der Waals surface area contributed by atoms with Crippen LogP contribution in [0.25, 0.3) is 0 Å². The van der Waals surface area contributed by atoms with E-state index in [1.54, 1.807) is 0 Å². The first-order chi connectivity index (χ1) is 11.2. The molecule has 2 heterocycles. The van der Waals surface area contributed by atoms with Crippen LogP contribution in [0.15, 0.2) is 0 Å². The molecule has 2 saturated heterocycles. The highest BCUT2D eigenvalue weighted by Crippen LogP contribution is 2.38. The highest BCUT2D eigenvalue weighted by atomic mass is 16.2. The van der Waals surface area contributed by atoms with Crippen LogP contribution < -0.4 is 16.0 Å². The maximum absolute atomic E-state index is 12.9. The molecule has 130 valence electrons. The van der Waals surface area contributed by atoms with Gasteiger partial charge in [-0.05, 0) is 69.2 Å². The summed E-state index contributed by atoms with van der Waals surface area (Å²) in [5, 5.41) is 10.8. The fraction of sp³-hybridized carbons (Fsp3) is 0.947. The minimum absolute atomic E-state index is 0.0513. The molecule has 23 heavy (non-hydrogen) atoms. The Morgan fingerprint density at radius 2 is 1.96 bits per heavy atom. The Morgan fingerprint density at radius 1 is 1.09 bits per heavy atom. The third-order valence-electron chi connectivity index (χ3n) is 6.82. The summed E-state index contributed by atoms with van der Waals surface area (Å²) >= 11 is 0. The quantitative estimate of drug-likeness (QED) is 0.744. The number of carbonyl (C=O) groups excluding carboxylic acids is 1. The lowest BCUT2D eigenvalue weighted by Crippen LogP contribution is -2.56. The van der Waals surface area contributed by atoms with Crippen LogP contribution in [0, 0.1) is 17.8 Å². The van der Waals surface area contributed by atoms with E-state index in [2.05, 4.69) is 22.9 Å². The number of hydrogen-bond acceptors (Lipinski definition) is 3. The Kier molecular flexibility index (Phi) is 4.64. The third-order valence-corrected chi connectivity index (χ3v) is 6.82. The number of carbonyl (C=O) groups is 1. The van der Waals surface area contributed by atoms with Crippen molar-refractivity contribution in [3.8, 4) is 0 Å². The van der Waals surface area contributed by atoms with Gasteiger partial charge in [0.25, 0.3) is 0 Å². The number of amides is 1. The number of fused-ring (bicyclic) bond motifs is 1. The van der Waals surface area contributed by atoms with Crippen LogP contribution in [-0.2, 0) is 4.79 Å². The SMILES string of the molecule is CC1CCCC2CC(C(=O)NC(C3CC3)C3CCCCN3)NC12. The summed E-state index contributed by atoms with van der Waals surface area (Å²) in [5.74, 6) is 2.44. The molecule has 6 atom stereocenters. The largest absolute Gasteiger partial charge is 0.350 e. The van der Waals surface area contributed by atoms with E-state index in [1.165, 1.54) is 51.4 Å². The van der Waals surface area contributed by atoms with Crippen molar-refractivity contribution in [2.75, 3.05) is 6.54 Å². The molecule has 6 unspecified atom stereocenters. The van der Waals surface area contributed by atoms with Crippen LogP contribution in [0.3, 0.4) is 0 Å². The predicted octanol–water partition coefficient (Wildman–Crippen LogP) is 2.19. The minimum atomic E-state index is 0.0513. The zero-order valence-corrected chi connectivity index (χ0v) is 14.5. The summed E-state index contributed by atoms with van der Waals surface area (Å²) in [6.45, 7) is 3.47. The van der Waals surface area contributed by atoms with Crippen molar-refractivity contribution in [1.29, 1.82) is 0 Å². The predicted molar refractivity (Wildman–Crippen MR) is 92.1 cm³/mol. The van der Waals surface area contributed by atoms with E-state index >= 15 is 0 Å². The lowest BCUT2D eigenvalue weighted by Gasteiger charge is -2.33. The zero-order chi connectivity index (χ0) is 15.8. The number of hydrogen-bond donors (Lipinski definition) is 3. The first-order valence-electron chi connectivity index (χ1n) is 10.0. The van der Waals surface area contributed by atoms with Crippen LogP contribution in [0.2, 0.25) is 0 Å². The van der Waals surface area contributed by atoms with Gasteiger partial charge in [-0.15, -0.1) is 0 Å². The lowest BCUT2D eigenvalue weighted by molar-refractivity contribution is -0.124. The van der Waals surface area contributed by atoms with Gasteiger partial charge in [0.05, 0.1) is 6.04 Å². The van der Waals surface area contributed by atoms with Gasteiger partial charge in [-0.3, -0.25) is 4.79 Å². The van der Waals surface area contributed by atoms with E-state index in [0.717, 1.165) is 30.7 Å². The molecular weight excluding hydrogens is 286 g/mol. The molecule has 2 aliphatic heterocycles. The van der Waals surface area contributed by atoms with Gasteiger partial charge in [-0.2, -0.15) is 0 Å². The second-order valence-electron chi connectivity index (χ2n) is 8.58. The molecule has 4 rings (SSSR count). The first kappa shape index (κ1) is 15.9. The Bertz CT molecular complexity index is 430. The minimum Gasteiger partial charge on any atom is -0.350 e. The molecule has 4 aliphatic rings. The smallest absolute Gasteiger partial charge is 0.237 e. The van der Waals surface area contributed by atoms with E-state index in [4.69, 9.17) is 0 Å². The lowest BCUT2D eigenvalue weighted by atomic mass is 9.78. The van der Waals surface area contributed by atoms with Gasteiger partial charge in [-0.25, -0.2) is 0 Å². The highest BCUT2D eigenvalue weighted by molar-refractivity contribution is 5.82. The first-order valence-corrected chi connectivity index (χ1v) is 10.0. The summed E-state index contributed by atoms with van der Waals surface area (Å²) in [6, 6.07) is 1.49. The molecule has 2 aliphatic carbocycles. The number of rotatable bonds is 4. The summed E-state index contributed by atoms with van der Waals surface area (Å²) in [6.07, 6.45) is 11.4. The maximum atomic E-state index is 12.9. The molecule has 0 spiro atoms. The molecule has 4 heteroatoms. The van der Waals surface area contributed by atoms with Crippen molar-refractivity contribution in [1.82, 2.24) is 16.0 Å². The van der Waals surface area contributed by atoms with Gasteiger partial charge in [0.1, 0.15) is 0 Å². The summed E-state index contributed by atoms with van der Waals surface area (Å²) in [4.78, 5) is 12.9. The van der Waals surface area contributed by atoms with E-state index in [9.17, 15) is 4.79 Å². The van der Waals surface area contributed by atoms with Crippen molar-refractivity contribution in [3.63, 3.8) is 0 Å². The molecule has 0 aromatic carbocycles. The van der Waals surface area contributed by atoms with Crippen molar-refractivity contribution in [2.24, 2.45) is 17.8 Å². The summed E-state index contributed by atoms with van der Waals surface area (Å²) in [5.41, 5.74) is 0. The van der Waals surface area contributed by atoms with E-state index in [-0.39, 0.29) is 11.9 Å². The Hall–Kier alpha value is -0.610. The summed E-state index contributed by atoms with van der Waals surface area (Å²) in [7, 11) is 0. The molecule has 2 saturated carbocycles. The number of piperidine rings is 1. The van der Waals surface area contributed by atoms with E-state index in [0.29, 0.717) is 18.1 Å². The number of nitrogens with one attached hydrogen (secondary N) is 3. The van der Waals surface area contributed by atoms with Crippen molar-refractivity contribution < 1.29 is 4.79 Å². The topological polar surface area (TPSA) is 53.2 Å². The fourth-order valence-electron chi connectivity index (χ4n) is 5.33. The van der Waals surface area contributed by atoms with E-state index < -0.39 is 0 Å². The molecular formula is C19H33N3O. The molecule has 0 radical (unpaired) electrons. The molecule has 4 nitrogen and oxygen atoms in total. The van der Waals surface area contributed by atoms with Crippen LogP contribution in [0.5, 0.6) is 0 Å². The fourth-order valence-corrected chi connectivity index (χ4v) is 5.33. The van der Waals surface area contributed by atoms with Gasteiger partial charge in [0.2, 0.25) is 5.91 Å². The molecule has 3 N–H and O–H groups in total. The van der Waals surface area contributed by atoms with Crippen LogP contribution in [-0.4, -0.2) is 36.6 Å². The summed E-state index contributed by atoms with van der Waals surface area (Å²) < 4.78 is 0. The Morgan fingerprint density at radius 3 is 2.65 bits per heavy atom. The van der Waals surface area contributed by atoms with Gasteiger partial charge in [-0.1, -0.05) is 19.8 Å². The van der Waals surface area contributed by atoms with Crippen molar-refractivity contribution in [3.05, 3.63) is 0 Å². The van der Waals surface area contributed by atoms with Crippen LogP contribution >= 0.6 is 0 Å². The Labute approximate surface area is 140 Å². The monoisotopic (exact) mass is 319 g/mol. The molecule has 0 aromatic rings. The Balaban J connectivity index is 1.36. The van der Waals surface area contributed by atoms with Crippen LogP contribution in [0.1, 0.15) is 64.7 Å². The highest BCUT2D eigenvalue weighted by Gasteiger charge is 2.43. The van der Waals surface area contributed by atoms with Crippen molar-refractivity contribution in [2.45, 2.75) is 88.9 Å². The second-order valence-corrected chi connectivity index (χ2v) is 8.58. The van der Waals surface area contributed by atoms with Crippen molar-refractivity contribution >= 4 is 5.91 Å². The van der Waals surface area contributed by atoms with Gasteiger partial charge >= 0.3 is 0 Å². The normalized spacial score (nSPS) is 42.0. The van der Waals surface area contributed by atoms with Gasteiger partial charge in [0, 0.05) is 18.1 Å². The average molecular weight is 319 g/mol. The average Bonchev–Trinajstić information content (AvgIpc) is 3.31. The maximum Gasteiger partial charge on any atom is 0.237 e. The molecule has 4 fully saturated rings. The van der Waals surface area contributed by atoms with E-state index in [1.807, 2.05) is 0 Å². The molecule has 0 bridgehead atoms. The third kappa shape index (κ3) is 3.43. The standard InChI is InChI=1S/C19H33N3O/c1-12-5-4-6-14-11-16(21-17(12)14)19(23)22-18(13-8-9-13)15-7-2-3-10-20-15/h12-18,20-21H,2-11H2,1H3,(H,22,23). The van der Waals surface area contributed by atoms with Gasteiger partial charge < -0.3 is 16.0 Å². The van der Waals surface area contributed by atoms with Gasteiger partial charge in [0.15, 0.2) is 0 Å². The molecule has 0 aromatic heterocycles.